The number of halogens is 6. The van der Waals surface area contributed by atoms with Crippen molar-refractivity contribution in [2.75, 3.05) is 13.1 Å². The zero-order valence-corrected chi connectivity index (χ0v) is 19.9. The van der Waals surface area contributed by atoms with Crippen molar-refractivity contribution in [2.24, 2.45) is 11.8 Å². The minimum Gasteiger partial charge on any atom is -0.382 e. The summed E-state index contributed by atoms with van der Waals surface area (Å²) in [5.41, 5.74) is -1.28. The Labute approximate surface area is 210 Å². The van der Waals surface area contributed by atoms with Crippen LogP contribution in [0.3, 0.4) is 0 Å². The highest BCUT2D eigenvalue weighted by Crippen LogP contribution is 2.49. The highest BCUT2D eigenvalue weighted by molar-refractivity contribution is 5.82. The average molecular weight is 522 g/mol. The lowest BCUT2D eigenvalue weighted by Crippen LogP contribution is -2.67. The van der Waals surface area contributed by atoms with Crippen LogP contribution in [0.1, 0.15) is 41.2 Å². The van der Waals surface area contributed by atoms with Crippen molar-refractivity contribution in [3.05, 3.63) is 89.6 Å². The Hall–Kier alpha value is -2.91. The van der Waals surface area contributed by atoms with Crippen molar-refractivity contribution in [3.8, 4) is 0 Å². The van der Waals surface area contributed by atoms with Gasteiger partial charge in [-0.2, -0.15) is 26.3 Å². The lowest BCUT2D eigenvalue weighted by Gasteiger charge is -2.58. The Kier molecular flexibility index (Phi) is 6.35. The highest BCUT2D eigenvalue weighted by Gasteiger charge is 2.54. The zero-order chi connectivity index (χ0) is 26.6. The number of pyridine rings is 1. The Bertz CT molecular complexity index is 1310. The topological polar surface area (TPSA) is 33.1 Å². The van der Waals surface area contributed by atoms with Gasteiger partial charge in [0.15, 0.2) is 0 Å². The fraction of sp³-hybridized carbons (Fsp3) is 0.393. The smallest absolute Gasteiger partial charge is 0.382 e. The molecule has 3 fully saturated rings. The number of piperidine rings is 3. The number of quaternary nitrogens is 1. The third kappa shape index (κ3) is 4.63. The molecule has 0 aliphatic carbocycles. The molecule has 3 saturated heterocycles. The molecule has 0 amide bonds. The van der Waals surface area contributed by atoms with Crippen LogP contribution in [0.2, 0.25) is 0 Å². The largest absolute Gasteiger partial charge is 0.416 e. The normalized spacial score (nSPS) is 26.8. The van der Waals surface area contributed by atoms with Crippen molar-refractivity contribution < 1.29 is 35.9 Å². The van der Waals surface area contributed by atoms with Gasteiger partial charge in [0.1, 0.15) is 18.7 Å². The number of aromatic nitrogens is 1. The number of nitrogens with zero attached hydrogens (tertiary/aromatic N) is 2. The number of benzene rings is 2. The van der Waals surface area contributed by atoms with Gasteiger partial charge in [-0.15, -0.1) is 6.58 Å². The van der Waals surface area contributed by atoms with E-state index in [-0.39, 0.29) is 22.9 Å². The van der Waals surface area contributed by atoms with E-state index in [1.807, 2.05) is 24.3 Å². The maximum absolute atomic E-state index is 13.9. The summed E-state index contributed by atoms with van der Waals surface area (Å²) in [6.07, 6.45) is -5.99. The number of rotatable bonds is 5. The molecule has 6 rings (SSSR count). The molecule has 3 aromatic rings. The van der Waals surface area contributed by atoms with Gasteiger partial charge in [-0.25, -0.2) is 0 Å². The van der Waals surface area contributed by atoms with Crippen LogP contribution in [0.25, 0.3) is 10.9 Å². The van der Waals surface area contributed by atoms with Crippen LogP contribution in [-0.2, 0) is 18.9 Å². The molecule has 5 atom stereocenters. The van der Waals surface area contributed by atoms with Crippen molar-refractivity contribution in [1.82, 2.24) is 4.98 Å². The number of hydrogen-bond donors (Lipinski definition) is 1. The molecule has 0 radical (unpaired) electrons. The second-order valence-corrected chi connectivity index (χ2v) is 10.3. The zero-order valence-electron chi connectivity index (χ0n) is 19.9. The van der Waals surface area contributed by atoms with E-state index in [0.29, 0.717) is 55.2 Å². The first kappa shape index (κ1) is 25.7. The lowest BCUT2D eigenvalue weighted by atomic mass is 9.71. The number of alkyl halides is 6. The van der Waals surface area contributed by atoms with Crippen LogP contribution < -0.4 is 0 Å². The molecule has 2 bridgehead atoms. The number of para-hydroxylation sites is 1. The molecule has 0 spiro atoms. The first-order valence-electron chi connectivity index (χ1n) is 12.2. The van der Waals surface area contributed by atoms with Gasteiger partial charge in [-0.1, -0.05) is 24.3 Å². The third-order valence-corrected chi connectivity index (χ3v) is 8.26. The van der Waals surface area contributed by atoms with Crippen molar-refractivity contribution >= 4 is 10.9 Å². The first-order chi connectivity index (χ1) is 17.4. The molecule has 1 N–H and O–H groups in total. The second-order valence-electron chi connectivity index (χ2n) is 10.3. The van der Waals surface area contributed by atoms with Crippen LogP contribution in [0.4, 0.5) is 26.3 Å². The van der Waals surface area contributed by atoms with E-state index >= 15 is 0 Å². The van der Waals surface area contributed by atoms with E-state index in [4.69, 9.17) is 0 Å². The van der Waals surface area contributed by atoms with Gasteiger partial charge in [-0.05, 0) is 41.8 Å². The van der Waals surface area contributed by atoms with Crippen LogP contribution in [0.15, 0.2) is 67.4 Å². The number of fused-ring (bicyclic) bond motifs is 4. The number of aliphatic hydroxyl groups excluding tert-OH is 1. The first-order valence-corrected chi connectivity index (χ1v) is 12.2. The minimum atomic E-state index is -4.81. The summed E-state index contributed by atoms with van der Waals surface area (Å²) in [6, 6.07) is 10.2. The van der Waals surface area contributed by atoms with Gasteiger partial charge in [0, 0.05) is 35.9 Å². The second kappa shape index (κ2) is 9.13. The van der Waals surface area contributed by atoms with Crippen LogP contribution in [-0.4, -0.2) is 33.7 Å². The van der Waals surface area contributed by atoms with Crippen molar-refractivity contribution in [1.29, 1.82) is 0 Å². The Morgan fingerprint density at radius 1 is 1.05 bits per heavy atom. The van der Waals surface area contributed by atoms with E-state index < -0.39 is 41.2 Å². The van der Waals surface area contributed by atoms with Gasteiger partial charge < -0.3 is 9.59 Å². The van der Waals surface area contributed by atoms with E-state index in [1.54, 1.807) is 18.3 Å². The summed E-state index contributed by atoms with van der Waals surface area (Å²) in [7, 11) is 0. The Morgan fingerprint density at radius 3 is 2.51 bits per heavy atom. The predicted molar refractivity (Wildman–Crippen MR) is 127 cm³/mol. The van der Waals surface area contributed by atoms with Crippen molar-refractivity contribution in [3.63, 3.8) is 0 Å². The Balaban J connectivity index is 1.62. The molecule has 3 aliphatic heterocycles. The maximum atomic E-state index is 13.9. The molecule has 1 aromatic heterocycles. The molecule has 0 saturated carbocycles. The summed E-state index contributed by atoms with van der Waals surface area (Å²) in [5, 5.41) is 12.5. The lowest BCUT2D eigenvalue weighted by molar-refractivity contribution is -0.985. The SMILES string of the molecule is C=CC1C[N+]2(Cc3cc(C(F)(F)F)ccc3C(F)(F)F)CCC1CC2[C@H](O)c1ccnc2ccccc12. The summed E-state index contributed by atoms with van der Waals surface area (Å²) in [6.45, 7) is 4.52. The fourth-order valence-electron chi connectivity index (χ4n) is 6.48. The predicted octanol–water partition coefficient (Wildman–Crippen LogP) is 6.92. The fourth-order valence-corrected chi connectivity index (χ4v) is 6.48. The monoisotopic (exact) mass is 521 g/mol. The molecule has 4 unspecified atom stereocenters. The molecule has 9 heteroatoms. The number of aliphatic hydroxyl groups is 1. The van der Waals surface area contributed by atoms with Crippen molar-refractivity contribution in [2.45, 2.75) is 43.9 Å². The maximum Gasteiger partial charge on any atom is 0.416 e. The molecular formula is C28H27F6N2O+. The van der Waals surface area contributed by atoms with Gasteiger partial charge >= 0.3 is 12.4 Å². The van der Waals surface area contributed by atoms with Gasteiger partial charge in [0.25, 0.3) is 0 Å². The number of hydrogen-bond acceptors (Lipinski definition) is 2. The van der Waals surface area contributed by atoms with E-state index in [2.05, 4.69) is 11.6 Å². The summed E-state index contributed by atoms with van der Waals surface area (Å²) in [5.74, 6) is 0.209. The molecule has 37 heavy (non-hydrogen) atoms. The van der Waals surface area contributed by atoms with Crippen LogP contribution >= 0.6 is 0 Å². The molecular weight excluding hydrogens is 494 g/mol. The molecule has 4 heterocycles. The van der Waals surface area contributed by atoms with Gasteiger partial charge in [0.05, 0.1) is 29.7 Å². The highest BCUT2D eigenvalue weighted by atomic mass is 19.4. The third-order valence-electron chi connectivity index (χ3n) is 8.26. The minimum absolute atomic E-state index is 0.00604. The summed E-state index contributed by atoms with van der Waals surface area (Å²) in [4.78, 5) is 4.34. The van der Waals surface area contributed by atoms with Crippen LogP contribution in [0.5, 0.6) is 0 Å². The van der Waals surface area contributed by atoms with E-state index in [0.717, 1.165) is 5.39 Å². The van der Waals surface area contributed by atoms with E-state index in [9.17, 15) is 31.4 Å². The van der Waals surface area contributed by atoms with Gasteiger partial charge in [0.2, 0.25) is 0 Å². The molecule has 3 nitrogen and oxygen atoms in total. The quantitative estimate of drug-likeness (QED) is 0.225. The summed E-state index contributed by atoms with van der Waals surface area (Å²) < 4.78 is 82.4. The van der Waals surface area contributed by atoms with Crippen LogP contribution in [0, 0.1) is 11.8 Å². The Morgan fingerprint density at radius 2 is 1.81 bits per heavy atom. The van der Waals surface area contributed by atoms with Gasteiger partial charge in [-0.3, -0.25) is 4.98 Å². The molecule has 196 valence electrons. The standard InChI is InChI=1S/C28H27F6N2O/c1-2-17-15-36(16-19-13-20(27(29,30)31)7-8-23(19)28(32,33)34)12-10-18(17)14-25(36)26(37)22-9-11-35-24-6-4-3-5-21(22)24/h2-9,11,13,17-18,25-26,37H,1,10,12,14-16H2/q+1/t17?,18?,25?,26-,36?/m1/s1. The average Bonchev–Trinajstić information content (AvgIpc) is 2.86. The van der Waals surface area contributed by atoms with E-state index in [1.165, 1.54) is 0 Å². The summed E-state index contributed by atoms with van der Waals surface area (Å²) >= 11 is 0. The molecule has 3 aliphatic rings. The molecule has 2 aromatic carbocycles.